The Hall–Kier alpha value is -1.66. The van der Waals surface area contributed by atoms with Gasteiger partial charge in [-0.3, -0.25) is 10.1 Å². The summed E-state index contributed by atoms with van der Waals surface area (Å²) >= 11 is 0. The second-order valence-corrected chi connectivity index (χ2v) is 5.89. The summed E-state index contributed by atoms with van der Waals surface area (Å²) in [5.41, 5.74) is 0.963. The second-order valence-electron chi connectivity index (χ2n) is 5.89. The first kappa shape index (κ1) is 14.3. The number of nitrogens with zero attached hydrogens (tertiary/aromatic N) is 2. The molecular formula is C15H21N3O3. The van der Waals surface area contributed by atoms with Gasteiger partial charge in [-0.05, 0) is 43.5 Å². The number of nitro benzene ring substituents is 1. The van der Waals surface area contributed by atoms with Gasteiger partial charge in [-0.25, -0.2) is 0 Å². The van der Waals surface area contributed by atoms with Crippen molar-refractivity contribution in [2.75, 3.05) is 26.7 Å². The first-order valence-electron chi connectivity index (χ1n) is 7.44. The number of hydrogen-bond acceptors (Lipinski definition) is 5. The third-order valence-electron chi connectivity index (χ3n) is 4.66. The quantitative estimate of drug-likeness (QED) is 0.661. The number of hydrogen-bond donors (Lipinski definition) is 1. The van der Waals surface area contributed by atoms with E-state index in [4.69, 9.17) is 4.74 Å². The fourth-order valence-corrected chi connectivity index (χ4v) is 3.43. The number of ether oxygens (including phenoxy) is 1. The molecule has 4 rings (SSSR count). The van der Waals surface area contributed by atoms with E-state index in [0.717, 1.165) is 18.0 Å². The number of rotatable bonds is 5. The highest BCUT2D eigenvalue weighted by Gasteiger charge is 2.33. The van der Waals surface area contributed by atoms with E-state index in [0.29, 0.717) is 18.3 Å². The lowest BCUT2D eigenvalue weighted by Crippen LogP contribution is -2.55. The number of nitro groups is 1. The number of nitrogens with one attached hydrogen (secondary N) is 1. The van der Waals surface area contributed by atoms with Gasteiger partial charge >= 0.3 is 5.69 Å². The average molecular weight is 291 g/mol. The van der Waals surface area contributed by atoms with Crippen LogP contribution in [0.4, 0.5) is 5.69 Å². The predicted octanol–water partition coefficient (Wildman–Crippen LogP) is 1.79. The smallest absolute Gasteiger partial charge is 0.311 e. The molecule has 3 saturated heterocycles. The maximum absolute atomic E-state index is 11.0. The van der Waals surface area contributed by atoms with Gasteiger partial charge in [-0.2, -0.15) is 0 Å². The Labute approximate surface area is 124 Å². The molecule has 1 aromatic rings. The van der Waals surface area contributed by atoms with Crippen LogP contribution < -0.4 is 10.1 Å². The SMILES string of the molecule is COc1ccc(CNC2CN3CCC2CC3)cc1[N+](=O)[O-]. The Bertz CT molecular complexity index is 527. The van der Waals surface area contributed by atoms with Gasteiger partial charge in [0.25, 0.3) is 0 Å². The van der Waals surface area contributed by atoms with Crippen LogP contribution in [-0.4, -0.2) is 42.6 Å². The van der Waals surface area contributed by atoms with E-state index in [2.05, 4.69) is 10.2 Å². The molecule has 0 aliphatic carbocycles. The van der Waals surface area contributed by atoms with E-state index >= 15 is 0 Å². The highest BCUT2D eigenvalue weighted by atomic mass is 16.6. The monoisotopic (exact) mass is 291 g/mol. The molecule has 1 atom stereocenters. The number of methoxy groups -OCH3 is 1. The molecule has 6 nitrogen and oxygen atoms in total. The van der Waals surface area contributed by atoms with E-state index in [1.807, 2.05) is 6.07 Å². The lowest BCUT2D eigenvalue weighted by molar-refractivity contribution is -0.385. The van der Waals surface area contributed by atoms with Crippen molar-refractivity contribution in [2.24, 2.45) is 5.92 Å². The highest BCUT2D eigenvalue weighted by molar-refractivity contribution is 5.48. The normalized spacial score (nSPS) is 27.6. The Kier molecular flexibility index (Phi) is 4.07. The van der Waals surface area contributed by atoms with Gasteiger partial charge in [0.15, 0.2) is 5.75 Å². The Morgan fingerprint density at radius 2 is 2.19 bits per heavy atom. The van der Waals surface area contributed by atoms with E-state index in [1.165, 1.54) is 33.0 Å². The van der Waals surface area contributed by atoms with Crippen LogP contribution >= 0.6 is 0 Å². The molecule has 1 N–H and O–H groups in total. The molecule has 0 saturated carbocycles. The summed E-state index contributed by atoms with van der Waals surface area (Å²) in [4.78, 5) is 13.1. The van der Waals surface area contributed by atoms with E-state index in [9.17, 15) is 10.1 Å². The van der Waals surface area contributed by atoms with Gasteiger partial charge in [-0.1, -0.05) is 6.07 Å². The summed E-state index contributed by atoms with van der Waals surface area (Å²) < 4.78 is 5.03. The molecular weight excluding hydrogens is 270 g/mol. The summed E-state index contributed by atoms with van der Waals surface area (Å²) in [6.45, 7) is 4.20. The molecule has 114 valence electrons. The summed E-state index contributed by atoms with van der Waals surface area (Å²) in [7, 11) is 1.45. The van der Waals surface area contributed by atoms with Crippen LogP contribution in [0.25, 0.3) is 0 Å². The number of benzene rings is 1. The van der Waals surface area contributed by atoms with Crippen LogP contribution in [0.3, 0.4) is 0 Å². The minimum Gasteiger partial charge on any atom is -0.490 e. The number of piperidine rings is 3. The zero-order valence-electron chi connectivity index (χ0n) is 12.2. The van der Waals surface area contributed by atoms with E-state index < -0.39 is 4.92 Å². The van der Waals surface area contributed by atoms with Crippen LogP contribution in [0, 0.1) is 16.0 Å². The minimum absolute atomic E-state index is 0.0331. The van der Waals surface area contributed by atoms with Crippen molar-refractivity contribution in [1.82, 2.24) is 10.2 Å². The molecule has 0 spiro atoms. The summed E-state index contributed by atoms with van der Waals surface area (Å²) in [6.07, 6.45) is 2.53. The van der Waals surface area contributed by atoms with Crippen molar-refractivity contribution in [3.63, 3.8) is 0 Å². The molecule has 0 aromatic heterocycles. The predicted molar refractivity (Wildman–Crippen MR) is 79.4 cm³/mol. The van der Waals surface area contributed by atoms with E-state index in [-0.39, 0.29) is 5.69 Å². The molecule has 2 bridgehead atoms. The second kappa shape index (κ2) is 5.99. The van der Waals surface area contributed by atoms with Crippen molar-refractivity contribution in [3.8, 4) is 5.75 Å². The molecule has 21 heavy (non-hydrogen) atoms. The fraction of sp³-hybridized carbons (Fsp3) is 0.600. The van der Waals surface area contributed by atoms with Gasteiger partial charge in [0, 0.05) is 25.2 Å². The maximum atomic E-state index is 11.0. The standard InChI is InChI=1S/C15H21N3O3/c1-21-15-3-2-11(8-14(15)18(19)20)9-16-13-10-17-6-4-12(13)5-7-17/h2-3,8,12-13,16H,4-7,9-10H2,1H3. The lowest BCUT2D eigenvalue weighted by atomic mass is 9.84. The van der Waals surface area contributed by atoms with Gasteiger partial charge < -0.3 is 15.0 Å². The maximum Gasteiger partial charge on any atom is 0.311 e. The van der Waals surface area contributed by atoms with Gasteiger partial charge in [0.2, 0.25) is 0 Å². The zero-order chi connectivity index (χ0) is 14.8. The molecule has 0 radical (unpaired) electrons. The summed E-state index contributed by atoms with van der Waals surface area (Å²) in [6, 6.07) is 5.67. The van der Waals surface area contributed by atoms with Crippen molar-refractivity contribution in [2.45, 2.75) is 25.4 Å². The molecule has 0 amide bonds. The first-order chi connectivity index (χ1) is 10.2. The zero-order valence-corrected chi connectivity index (χ0v) is 12.2. The Morgan fingerprint density at radius 1 is 1.43 bits per heavy atom. The molecule has 3 aliphatic rings. The molecule has 3 fully saturated rings. The Balaban J connectivity index is 1.65. The van der Waals surface area contributed by atoms with Gasteiger partial charge in [-0.15, -0.1) is 0 Å². The fourth-order valence-electron chi connectivity index (χ4n) is 3.43. The van der Waals surface area contributed by atoms with Crippen molar-refractivity contribution in [3.05, 3.63) is 33.9 Å². The van der Waals surface area contributed by atoms with Gasteiger partial charge in [0.05, 0.1) is 12.0 Å². The van der Waals surface area contributed by atoms with Crippen LogP contribution in [0.5, 0.6) is 5.75 Å². The van der Waals surface area contributed by atoms with Crippen LogP contribution in [0.1, 0.15) is 18.4 Å². The van der Waals surface area contributed by atoms with Crippen LogP contribution in [0.2, 0.25) is 0 Å². The van der Waals surface area contributed by atoms with Crippen molar-refractivity contribution >= 4 is 5.69 Å². The highest BCUT2D eigenvalue weighted by Crippen LogP contribution is 2.29. The van der Waals surface area contributed by atoms with Crippen molar-refractivity contribution < 1.29 is 9.66 Å². The molecule has 1 aromatic carbocycles. The minimum atomic E-state index is -0.392. The number of fused-ring (bicyclic) bond motifs is 3. The van der Waals surface area contributed by atoms with E-state index in [1.54, 1.807) is 12.1 Å². The average Bonchev–Trinajstić information content (AvgIpc) is 2.53. The topological polar surface area (TPSA) is 67.6 Å². The van der Waals surface area contributed by atoms with Crippen LogP contribution in [-0.2, 0) is 6.54 Å². The Morgan fingerprint density at radius 3 is 2.76 bits per heavy atom. The first-order valence-corrected chi connectivity index (χ1v) is 7.44. The summed E-state index contributed by atoms with van der Waals surface area (Å²) in [5, 5.41) is 14.6. The van der Waals surface area contributed by atoms with Gasteiger partial charge in [0.1, 0.15) is 0 Å². The summed E-state index contributed by atoms with van der Waals surface area (Å²) in [5.74, 6) is 1.06. The molecule has 3 heterocycles. The molecule has 3 aliphatic heterocycles. The van der Waals surface area contributed by atoms with Crippen molar-refractivity contribution in [1.29, 1.82) is 0 Å². The van der Waals surface area contributed by atoms with Crippen LogP contribution in [0.15, 0.2) is 18.2 Å². The molecule has 1 unspecified atom stereocenters. The third kappa shape index (κ3) is 3.01. The third-order valence-corrected chi connectivity index (χ3v) is 4.66. The largest absolute Gasteiger partial charge is 0.490 e. The molecule has 6 heteroatoms. The lowest BCUT2D eigenvalue weighted by Gasteiger charge is -2.45.